The first kappa shape index (κ1) is 19.4. The lowest BCUT2D eigenvalue weighted by Gasteiger charge is -2.11. The third kappa shape index (κ3) is 4.19. The fourth-order valence-corrected chi connectivity index (χ4v) is 4.30. The van der Waals surface area contributed by atoms with Crippen LogP contribution in [-0.2, 0) is 17.6 Å². The molecule has 1 atom stereocenters. The molecular formula is C25H23NO5. The number of carbonyl (C=O) groups is 1. The van der Waals surface area contributed by atoms with Crippen LogP contribution in [0.3, 0.4) is 0 Å². The highest BCUT2D eigenvalue weighted by Gasteiger charge is 2.24. The van der Waals surface area contributed by atoms with Crippen molar-refractivity contribution in [1.82, 2.24) is 4.98 Å². The molecule has 31 heavy (non-hydrogen) atoms. The number of hydrogen-bond acceptors (Lipinski definition) is 5. The summed E-state index contributed by atoms with van der Waals surface area (Å²) in [4.78, 5) is 15.8. The normalized spacial score (nSPS) is 16.2. The topological polar surface area (TPSA) is 77.9 Å². The third-order valence-electron chi connectivity index (χ3n) is 5.84. The molecular weight excluding hydrogens is 394 g/mol. The van der Waals surface area contributed by atoms with Crippen LogP contribution in [0.5, 0.6) is 17.2 Å². The van der Waals surface area contributed by atoms with E-state index in [-0.39, 0.29) is 19.1 Å². The summed E-state index contributed by atoms with van der Waals surface area (Å²) < 4.78 is 16.8. The number of aromatic nitrogens is 1. The van der Waals surface area contributed by atoms with Gasteiger partial charge in [-0.3, -0.25) is 9.78 Å². The molecule has 0 saturated heterocycles. The van der Waals surface area contributed by atoms with Crippen molar-refractivity contribution in [3.05, 3.63) is 71.4 Å². The monoisotopic (exact) mass is 417 g/mol. The molecule has 0 radical (unpaired) electrons. The van der Waals surface area contributed by atoms with E-state index in [0.29, 0.717) is 13.0 Å². The molecule has 0 spiro atoms. The summed E-state index contributed by atoms with van der Waals surface area (Å²) in [5, 5.41) is 9.07. The van der Waals surface area contributed by atoms with E-state index >= 15 is 0 Å². The lowest BCUT2D eigenvalue weighted by molar-refractivity contribution is -0.137. The Kier molecular flexibility index (Phi) is 5.20. The van der Waals surface area contributed by atoms with Gasteiger partial charge in [-0.2, -0.15) is 0 Å². The Labute approximate surface area is 180 Å². The molecule has 2 heterocycles. The largest absolute Gasteiger partial charge is 0.493 e. The maximum atomic E-state index is 11.0. The van der Waals surface area contributed by atoms with E-state index in [4.69, 9.17) is 24.3 Å². The second-order valence-corrected chi connectivity index (χ2v) is 7.87. The van der Waals surface area contributed by atoms with E-state index in [1.165, 1.54) is 5.56 Å². The molecule has 158 valence electrons. The van der Waals surface area contributed by atoms with Crippen LogP contribution in [0.15, 0.2) is 54.6 Å². The minimum absolute atomic E-state index is 0.115. The Morgan fingerprint density at radius 2 is 2.00 bits per heavy atom. The number of benzene rings is 2. The molecule has 1 aliphatic carbocycles. The predicted molar refractivity (Wildman–Crippen MR) is 115 cm³/mol. The zero-order chi connectivity index (χ0) is 21.2. The second-order valence-electron chi connectivity index (χ2n) is 7.87. The molecule has 2 aromatic carbocycles. The van der Waals surface area contributed by atoms with Gasteiger partial charge in [0.1, 0.15) is 5.75 Å². The molecule has 2 aliphatic rings. The summed E-state index contributed by atoms with van der Waals surface area (Å²) in [5.41, 5.74) is 5.18. The van der Waals surface area contributed by atoms with Crippen LogP contribution in [0.1, 0.15) is 35.6 Å². The fourth-order valence-electron chi connectivity index (χ4n) is 4.30. The highest BCUT2D eigenvalue weighted by atomic mass is 16.7. The maximum absolute atomic E-state index is 11.0. The summed E-state index contributed by atoms with van der Waals surface area (Å²) in [7, 11) is 0. The molecule has 1 aromatic heterocycles. The van der Waals surface area contributed by atoms with Gasteiger partial charge in [0.05, 0.1) is 18.7 Å². The summed E-state index contributed by atoms with van der Waals surface area (Å²) in [6.45, 7) is 0.779. The van der Waals surface area contributed by atoms with Crippen molar-refractivity contribution in [2.24, 2.45) is 0 Å². The van der Waals surface area contributed by atoms with Crippen LogP contribution < -0.4 is 14.2 Å². The Morgan fingerprint density at radius 1 is 1.10 bits per heavy atom. The van der Waals surface area contributed by atoms with Gasteiger partial charge in [-0.25, -0.2) is 0 Å². The lowest BCUT2D eigenvalue weighted by atomic mass is 9.98. The number of ether oxygens (including phenoxy) is 3. The van der Waals surface area contributed by atoms with E-state index in [2.05, 4.69) is 0 Å². The molecule has 1 N–H and O–H groups in total. The Morgan fingerprint density at radius 3 is 2.90 bits per heavy atom. The van der Waals surface area contributed by atoms with Crippen molar-refractivity contribution >= 4 is 5.97 Å². The first-order chi connectivity index (χ1) is 15.2. The van der Waals surface area contributed by atoms with Crippen molar-refractivity contribution in [2.75, 3.05) is 13.4 Å². The number of fused-ring (bicyclic) bond motifs is 2. The standard InChI is InChI=1S/C25H23NO5/c27-25(28)14-17-5-4-16-12-20(7-8-21(16)17)29-11-10-19-2-1-3-22(26-19)18-6-9-23-24(13-18)31-15-30-23/h1-3,6-9,12-13,17H,4-5,10-11,14-15H2,(H,27,28)/t17-/m0/s1. The van der Waals surface area contributed by atoms with E-state index in [1.54, 1.807) is 0 Å². The van der Waals surface area contributed by atoms with Gasteiger partial charge in [0.15, 0.2) is 11.5 Å². The average molecular weight is 417 g/mol. The highest BCUT2D eigenvalue weighted by molar-refractivity contribution is 5.68. The predicted octanol–water partition coefficient (Wildman–Crippen LogP) is 4.60. The zero-order valence-corrected chi connectivity index (χ0v) is 17.0. The third-order valence-corrected chi connectivity index (χ3v) is 5.84. The molecule has 0 amide bonds. The Balaban J connectivity index is 1.22. The van der Waals surface area contributed by atoms with Gasteiger partial charge in [0, 0.05) is 17.7 Å². The molecule has 0 bridgehead atoms. The lowest BCUT2D eigenvalue weighted by Crippen LogP contribution is -2.04. The van der Waals surface area contributed by atoms with Gasteiger partial charge in [-0.05, 0) is 72.4 Å². The zero-order valence-electron chi connectivity index (χ0n) is 17.0. The number of rotatable bonds is 7. The van der Waals surface area contributed by atoms with Gasteiger partial charge in [-0.1, -0.05) is 12.1 Å². The molecule has 1 aliphatic heterocycles. The van der Waals surface area contributed by atoms with Crippen molar-refractivity contribution < 1.29 is 24.1 Å². The quantitative estimate of drug-likeness (QED) is 0.605. The second kappa shape index (κ2) is 8.30. The number of nitrogens with zero attached hydrogens (tertiary/aromatic N) is 1. The Bertz CT molecular complexity index is 1130. The van der Waals surface area contributed by atoms with Crippen LogP contribution in [0.4, 0.5) is 0 Å². The molecule has 5 rings (SSSR count). The number of aryl methyl sites for hydroxylation is 1. The summed E-state index contributed by atoms with van der Waals surface area (Å²) in [6, 6.07) is 17.8. The summed E-state index contributed by atoms with van der Waals surface area (Å²) in [6.07, 6.45) is 2.68. The van der Waals surface area contributed by atoms with Crippen LogP contribution >= 0.6 is 0 Å². The van der Waals surface area contributed by atoms with Crippen molar-refractivity contribution in [1.29, 1.82) is 0 Å². The fraction of sp³-hybridized carbons (Fsp3) is 0.280. The van der Waals surface area contributed by atoms with Gasteiger partial charge < -0.3 is 19.3 Å². The minimum atomic E-state index is -0.742. The van der Waals surface area contributed by atoms with Crippen LogP contribution in [-0.4, -0.2) is 29.5 Å². The van der Waals surface area contributed by atoms with Crippen molar-refractivity contribution in [3.8, 4) is 28.5 Å². The number of carboxylic acid groups (broad SMARTS) is 1. The van der Waals surface area contributed by atoms with Gasteiger partial charge in [0.25, 0.3) is 0 Å². The molecule has 0 fully saturated rings. The van der Waals surface area contributed by atoms with E-state index in [0.717, 1.165) is 52.6 Å². The van der Waals surface area contributed by atoms with Crippen molar-refractivity contribution in [3.63, 3.8) is 0 Å². The molecule has 0 unspecified atom stereocenters. The maximum Gasteiger partial charge on any atom is 0.303 e. The molecule has 3 aromatic rings. The molecule has 0 saturated carbocycles. The minimum Gasteiger partial charge on any atom is -0.493 e. The van der Waals surface area contributed by atoms with Gasteiger partial charge in [-0.15, -0.1) is 0 Å². The molecule has 6 heteroatoms. The highest BCUT2D eigenvalue weighted by Crippen LogP contribution is 2.37. The number of carboxylic acids is 1. The number of pyridine rings is 1. The first-order valence-corrected chi connectivity index (χ1v) is 10.5. The van der Waals surface area contributed by atoms with Gasteiger partial charge in [0.2, 0.25) is 6.79 Å². The van der Waals surface area contributed by atoms with E-state index in [9.17, 15) is 4.79 Å². The van der Waals surface area contributed by atoms with Gasteiger partial charge >= 0.3 is 5.97 Å². The van der Waals surface area contributed by atoms with E-state index in [1.807, 2.05) is 54.6 Å². The summed E-state index contributed by atoms with van der Waals surface area (Å²) in [5.74, 6) is 1.70. The number of hydrogen-bond donors (Lipinski definition) is 1. The van der Waals surface area contributed by atoms with Crippen LogP contribution in [0, 0.1) is 0 Å². The Hall–Kier alpha value is -3.54. The summed E-state index contributed by atoms with van der Waals surface area (Å²) >= 11 is 0. The average Bonchev–Trinajstić information content (AvgIpc) is 3.40. The first-order valence-electron chi connectivity index (χ1n) is 10.5. The smallest absolute Gasteiger partial charge is 0.303 e. The van der Waals surface area contributed by atoms with Crippen molar-refractivity contribution in [2.45, 2.75) is 31.6 Å². The number of aliphatic carboxylic acids is 1. The van der Waals surface area contributed by atoms with Crippen LogP contribution in [0.25, 0.3) is 11.3 Å². The van der Waals surface area contributed by atoms with E-state index < -0.39 is 5.97 Å². The molecule has 6 nitrogen and oxygen atoms in total. The van der Waals surface area contributed by atoms with Crippen LogP contribution in [0.2, 0.25) is 0 Å². The SMILES string of the molecule is O=C(O)C[C@@H]1CCc2cc(OCCc3cccc(-c4ccc5c(c4)OCO5)n3)ccc21.